The number of fused-ring (bicyclic) bond motifs is 1. The van der Waals surface area contributed by atoms with Gasteiger partial charge >= 0.3 is 6.36 Å². The fourth-order valence-corrected chi connectivity index (χ4v) is 4.14. The van der Waals surface area contributed by atoms with Gasteiger partial charge in [0.25, 0.3) is 5.91 Å². The van der Waals surface area contributed by atoms with Gasteiger partial charge in [0.15, 0.2) is 0 Å². The monoisotopic (exact) mass is 451 g/mol. The minimum atomic E-state index is -4.75. The van der Waals surface area contributed by atoms with Crippen molar-refractivity contribution in [3.05, 3.63) is 65.5 Å². The van der Waals surface area contributed by atoms with Gasteiger partial charge in [-0.15, -0.1) is 13.2 Å². The maximum Gasteiger partial charge on any atom is 0.573 e. The molecule has 0 spiro atoms. The molecule has 5 nitrogen and oxygen atoms in total. The van der Waals surface area contributed by atoms with Crippen molar-refractivity contribution in [1.82, 2.24) is 4.90 Å². The van der Waals surface area contributed by atoms with Crippen LogP contribution in [0.25, 0.3) is 0 Å². The number of likely N-dealkylation sites (tertiary alicyclic amines) is 1. The van der Waals surface area contributed by atoms with Gasteiger partial charge in [-0.3, -0.25) is 4.79 Å². The van der Waals surface area contributed by atoms with Crippen LogP contribution in [-0.2, 0) is 0 Å². The van der Waals surface area contributed by atoms with Gasteiger partial charge in [0.2, 0.25) is 0 Å². The van der Waals surface area contributed by atoms with Crippen molar-refractivity contribution < 1.29 is 22.7 Å². The van der Waals surface area contributed by atoms with Crippen LogP contribution < -0.4 is 14.5 Å². The van der Waals surface area contributed by atoms with E-state index in [1.165, 1.54) is 12.1 Å². The van der Waals surface area contributed by atoms with Gasteiger partial charge in [-0.05, 0) is 55.3 Å². The Balaban J connectivity index is 1.40. The highest BCUT2D eigenvalue weighted by atomic mass is 35.5. The Bertz CT molecular complexity index is 986. The number of hydrogen-bond donors (Lipinski definition) is 0. The minimum absolute atomic E-state index is 0.196. The molecule has 164 valence electrons. The molecule has 2 aromatic rings. The largest absolute Gasteiger partial charge is 0.573 e. The van der Waals surface area contributed by atoms with E-state index in [1.54, 1.807) is 4.90 Å². The van der Waals surface area contributed by atoms with E-state index in [9.17, 15) is 18.0 Å². The number of carbonyl (C=O) groups is 1. The summed E-state index contributed by atoms with van der Waals surface area (Å²) in [7, 11) is 1.97. The number of benzene rings is 2. The predicted molar refractivity (Wildman–Crippen MR) is 114 cm³/mol. The van der Waals surface area contributed by atoms with Crippen LogP contribution in [0.15, 0.2) is 54.9 Å². The molecule has 0 atom stereocenters. The molecule has 2 aliphatic rings. The molecule has 31 heavy (non-hydrogen) atoms. The first-order chi connectivity index (χ1) is 14.7. The lowest BCUT2D eigenvalue weighted by Crippen LogP contribution is -2.46. The topological polar surface area (TPSA) is 36.0 Å². The number of ether oxygens (including phenoxy) is 1. The fraction of sp³-hybridized carbons (Fsp3) is 0.318. The van der Waals surface area contributed by atoms with E-state index in [0.717, 1.165) is 36.3 Å². The minimum Gasteiger partial charge on any atom is -0.406 e. The molecule has 0 radical (unpaired) electrons. The highest BCUT2D eigenvalue weighted by molar-refractivity contribution is 6.31. The maximum atomic E-state index is 12.8. The smallest absolute Gasteiger partial charge is 0.406 e. The summed E-state index contributed by atoms with van der Waals surface area (Å²) in [4.78, 5) is 18.7. The maximum absolute atomic E-state index is 12.8. The SMILES string of the molecule is CN1C=CN(C2CCN(C(=O)c3ccc(OC(F)(F)F)cc3)CC2)c2ccc(Cl)cc21. The number of anilines is 2. The Morgan fingerprint density at radius 3 is 2.35 bits per heavy atom. The highest BCUT2D eigenvalue weighted by Gasteiger charge is 2.32. The van der Waals surface area contributed by atoms with E-state index in [4.69, 9.17) is 11.6 Å². The second-order valence-electron chi connectivity index (χ2n) is 7.54. The van der Waals surface area contributed by atoms with E-state index in [1.807, 2.05) is 42.5 Å². The standard InChI is InChI=1S/C22H21ClF3N3O2/c1-27-12-13-29(19-7-4-16(23)14-20(19)27)17-8-10-28(11-9-17)21(30)15-2-5-18(6-3-15)31-22(24,25)26/h2-7,12-14,17H,8-11H2,1H3. The van der Waals surface area contributed by atoms with E-state index < -0.39 is 6.36 Å². The molecule has 9 heteroatoms. The Hall–Kier alpha value is -2.87. The molecule has 0 aliphatic carbocycles. The van der Waals surface area contributed by atoms with Crippen LogP contribution in [-0.4, -0.2) is 43.3 Å². The van der Waals surface area contributed by atoms with Crippen LogP contribution in [0, 0.1) is 0 Å². The number of alkyl halides is 3. The number of hydrogen-bond acceptors (Lipinski definition) is 4. The third-order valence-corrected chi connectivity index (χ3v) is 5.76. The zero-order chi connectivity index (χ0) is 22.2. The normalized spacial score (nSPS) is 17.0. The van der Waals surface area contributed by atoms with Crippen molar-refractivity contribution in [3.8, 4) is 5.75 Å². The molecule has 0 bridgehead atoms. The van der Waals surface area contributed by atoms with Crippen LogP contribution >= 0.6 is 11.6 Å². The molecule has 0 N–H and O–H groups in total. The molecule has 1 fully saturated rings. The Morgan fingerprint density at radius 1 is 1.03 bits per heavy atom. The summed E-state index contributed by atoms with van der Waals surface area (Å²) in [6.45, 7) is 1.13. The van der Waals surface area contributed by atoms with Gasteiger partial charge in [-0.25, -0.2) is 0 Å². The number of nitrogens with zero attached hydrogens (tertiary/aromatic N) is 3. The molecule has 1 saturated heterocycles. The van der Waals surface area contributed by atoms with Crippen molar-refractivity contribution in [2.45, 2.75) is 25.2 Å². The lowest BCUT2D eigenvalue weighted by molar-refractivity contribution is -0.274. The molecule has 0 aromatic heterocycles. The van der Waals surface area contributed by atoms with Crippen LogP contribution in [0.4, 0.5) is 24.5 Å². The van der Waals surface area contributed by atoms with Crippen LogP contribution in [0.3, 0.4) is 0 Å². The second kappa shape index (κ2) is 8.34. The number of rotatable bonds is 3. The zero-order valence-electron chi connectivity index (χ0n) is 16.8. The molecule has 4 rings (SSSR count). The summed E-state index contributed by atoms with van der Waals surface area (Å²) in [6.07, 6.45) is 0.821. The van der Waals surface area contributed by atoms with Crippen molar-refractivity contribution in [2.24, 2.45) is 0 Å². The summed E-state index contributed by atoms with van der Waals surface area (Å²) in [6, 6.07) is 11.1. The van der Waals surface area contributed by atoms with Gasteiger partial charge in [0, 0.05) is 49.2 Å². The first-order valence-corrected chi connectivity index (χ1v) is 10.2. The summed E-state index contributed by atoms with van der Waals surface area (Å²) in [5, 5.41) is 0.674. The van der Waals surface area contributed by atoms with Gasteiger partial charge < -0.3 is 19.4 Å². The van der Waals surface area contributed by atoms with Gasteiger partial charge in [-0.1, -0.05) is 11.6 Å². The molecule has 0 unspecified atom stereocenters. The molecular weight excluding hydrogens is 431 g/mol. The number of halogens is 4. The number of piperidine rings is 1. The van der Waals surface area contributed by atoms with Gasteiger partial charge in [0.05, 0.1) is 11.4 Å². The van der Waals surface area contributed by atoms with Crippen LogP contribution in [0.2, 0.25) is 5.02 Å². The lowest BCUT2D eigenvalue weighted by Gasteiger charge is -2.41. The van der Waals surface area contributed by atoms with E-state index in [2.05, 4.69) is 9.64 Å². The number of amides is 1. The predicted octanol–water partition coefficient (Wildman–Crippen LogP) is 5.27. The molecule has 1 amide bonds. The Labute approximate surface area is 183 Å². The first-order valence-electron chi connectivity index (χ1n) is 9.85. The zero-order valence-corrected chi connectivity index (χ0v) is 17.5. The van der Waals surface area contributed by atoms with E-state index in [-0.39, 0.29) is 17.7 Å². The molecule has 0 saturated carbocycles. The van der Waals surface area contributed by atoms with E-state index >= 15 is 0 Å². The summed E-state index contributed by atoms with van der Waals surface area (Å²) in [5.41, 5.74) is 2.43. The van der Waals surface area contributed by atoms with Crippen molar-refractivity contribution in [2.75, 3.05) is 29.9 Å². The molecule has 2 heterocycles. The quantitative estimate of drug-likeness (QED) is 0.637. The van der Waals surface area contributed by atoms with Crippen molar-refractivity contribution in [3.63, 3.8) is 0 Å². The highest BCUT2D eigenvalue weighted by Crippen LogP contribution is 2.38. The summed E-state index contributed by atoms with van der Waals surface area (Å²) >= 11 is 6.15. The van der Waals surface area contributed by atoms with Crippen molar-refractivity contribution in [1.29, 1.82) is 0 Å². The third kappa shape index (κ3) is 4.74. The van der Waals surface area contributed by atoms with Gasteiger partial charge in [0.1, 0.15) is 5.75 Å². The average molecular weight is 452 g/mol. The fourth-order valence-electron chi connectivity index (χ4n) is 3.98. The second-order valence-corrected chi connectivity index (χ2v) is 7.98. The van der Waals surface area contributed by atoms with Crippen LogP contribution in [0.1, 0.15) is 23.2 Å². The lowest BCUT2D eigenvalue weighted by atomic mass is 10.0. The van der Waals surface area contributed by atoms with E-state index in [0.29, 0.717) is 23.7 Å². The van der Waals surface area contributed by atoms with Crippen LogP contribution in [0.5, 0.6) is 5.75 Å². The summed E-state index contributed by atoms with van der Waals surface area (Å²) in [5.74, 6) is -0.540. The summed E-state index contributed by atoms with van der Waals surface area (Å²) < 4.78 is 40.8. The Morgan fingerprint density at radius 2 is 1.71 bits per heavy atom. The third-order valence-electron chi connectivity index (χ3n) is 5.53. The average Bonchev–Trinajstić information content (AvgIpc) is 2.73. The number of carbonyl (C=O) groups excluding carboxylic acids is 1. The Kier molecular flexibility index (Phi) is 5.75. The van der Waals surface area contributed by atoms with Gasteiger partial charge in [-0.2, -0.15) is 0 Å². The first kappa shape index (κ1) is 21.4. The van der Waals surface area contributed by atoms with Crippen molar-refractivity contribution >= 4 is 28.9 Å². The molecule has 2 aromatic carbocycles. The molecule has 2 aliphatic heterocycles. The molecular formula is C22H21ClF3N3O2.